The molecule has 0 bridgehead atoms. The van der Waals surface area contributed by atoms with Gasteiger partial charge in [0.05, 0.1) is 12.7 Å². The fourth-order valence-corrected chi connectivity index (χ4v) is 1.26. The maximum atomic E-state index is 9.78. The fraction of sp³-hybridized carbons (Fsp3) is 0.500. The van der Waals surface area contributed by atoms with E-state index in [1.165, 1.54) is 0 Å². The topological polar surface area (TPSA) is 49.7 Å². The van der Waals surface area contributed by atoms with Crippen LogP contribution in [0, 0.1) is 0 Å². The van der Waals surface area contributed by atoms with E-state index in [9.17, 15) is 5.11 Å². The fourth-order valence-electron chi connectivity index (χ4n) is 1.26. The number of aliphatic hydroxyl groups is 2. The Morgan fingerprint density at radius 1 is 1.27 bits per heavy atom. The molecule has 2 N–H and O–H groups in total. The van der Waals surface area contributed by atoms with Crippen molar-refractivity contribution in [3.8, 4) is 5.75 Å². The Morgan fingerprint density at radius 3 is 2.20 bits per heavy atom. The van der Waals surface area contributed by atoms with E-state index in [0.29, 0.717) is 5.56 Å². The molecular weight excluding hydrogens is 192 g/mol. The molecule has 1 rings (SSSR count). The summed E-state index contributed by atoms with van der Waals surface area (Å²) in [5.41, 5.74) is -0.503. The minimum Gasteiger partial charge on any atom is -0.491 e. The Morgan fingerprint density at radius 2 is 1.80 bits per heavy atom. The van der Waals surface area contributed by atoms with Gasteiger partial charge < -0.3 is 14.9 Å². The molecule has 15 heavy (non-hydrogen) atoms. The van der Waals surface area contributed by atoms with E-state index < -0.39 is 5.60 Å². The van der Waals surface area contributed by atoms with Crippen LogP contribution in [0.15, 0.2) is 24.3 Å². The lowest BCUT2D eigenvalue weighted by Gasteiger charge is -2.21. The van der Waals surface area contributed by atoms with E-state index in [-0.39, 0.29) is 12.7 Å². The third kappa shape index (κ3) is 3.22. The van der Waals surface area contributed by atoms with Crippen LogP contribution in [-0.4, -0.2) is 22.9 Å². The molecule has 0 saturated carbocycles. The van der Waals surface area contributed by atoms with Gasteiger partial charge in [-0.15, -0.1) is 0 Å². The predicted octanol–water partition coefficient (Wildman–Crippen LogP) is 1.67. The first kappa shape index (κ1) is 12.0. The minimum absolute atomic E-state index is 0.134. The summed E-state index contributed by atoms with van der Waals surface area (Å²) in [5, 5.41) is 18.8. The second-order valence-electron chi connectivity index (χ2n) is 4.12. The second kappa shape index (κ2) is 4.64. The Balaban J connectivity index is 2.81. The molecule has 1 unspecified atom stereocenters. The first-order valence-corrected chi connectivity index (χ1v) is 5.06. The van der Waals surface area contributed by atoms with E-state index >= 15 is 0 Å². The predicted molar refractivity (Wildman–Crippen MR) is 58.9 cm³/mol. The van der Waals surface area contributed by atoms with Crippen LogP contribution in [0.2, 0.25) is 0 Å². The smallest absolute Gasteiger partial charge is 0.119 e. The summed E-state index contributed by atoms with van der Waals surface area (Å²) in [4.78, 5) is 0. The van der Waals surface area contributed by atoms with E-state index in [4.69, 9.17) is 9.84 Å². The summed E-state index contributed by atoms with van der Waals surface area (Å²) in [7, 11) is 0. The van der Waals surface area contributed by atoms with Crippen LogP contribution in [0.25, 0.3) is 0 Å². The van der Waals surface area contributed by atoms with E-state index in [0.717, 1.165) is 5.75 Å². The van der Waals surface area contributed by atoms with Crippen molar-refractivity contribution in [2.45, 2.75) is 32.5 Å². The van der Waals surface area contributed by atoms with Crippen molar-refractivity contribution < 1.29 is 14.9 Å². The van der Waals surface area contributed by atoms with Crippen LogP contribution in [0.1, 0.15) is 26.3 Å². The van der Waals surface area contributed by atoms with Gasteiger partial charge in [-0.25, -0.2) is 0 Å². The number of rotatable bonds is 4. The normalized spacial score (nSPS) is 15.1. The lowest BCUT2D eigenvalue weighted by atomic mass is 9.97. The maximum absolute atomic E-state index is 9.78. The van der Waals surface area contributed by atoms with Crippen LogP contribution >= 0.6 is 0 Å². The second-order valence-corrected chi connectivity index (χ2v) is 4.12. The van der Waals surface area contributed by atoms with Gasteiger partial charge in [0, 0.05) is 0 Å². The van der Waals surface area contributed by atoms with Crippen LogP contribution in [0.4, 0.5) is 0 Å². The Kier molecular flexibility index (Phi) is 3.72. The third-order valence-electron chi connectivity index (χ3n) is 2.16. The molecule has 0 aliphatic carbocycles. The van der Waals surface area contributed by atoms with Gasteiger partial charge in [0.2, 0.25) is 0 Å². The molecule has 84 valence electrons. The number of hydrogen-bond donors (Lipinski definition) is 2. The van der Waals surface area contributed by atoms with Crippen molar-refractivity contribution in [3.63, 3.8) is 0 Å². The molecule has 0 amide bonds. The maximum Gasteiger partial charge on any atom is 0.119 e. The molecule has 0 aromatic heterocycles. The molecule has 0 spiro atoms. The molecule has 0 aliphatic heterocycles. The molecule has 1 atom stereocenters. The molecule has 1 aromatic carbocycles. The monoisotopic (exact) mass is 210 g/mol. The molecule has 0 fully saturated rings. The van der Waals surface area contributed by atoms with Crippen molar-refractivity contribution >= 4 is 0 Å². The molecule has 0 saturated heterocycles. The van der Waals surface area contributed by atoms with Gasteiger partial charge in [-0.2, -0.15) is 0 Å². The number of ether oxygens (including phenoxy) is 1. The highest BCUT2D eigenvalue weighted by Gasteiger charge is 2.21. The largest absolute Gasteiger partial charge is 0.491 e. The average Bonchev–Trinajstić information content (AvgIpc) is 2.18. The standard InChI is InChI=1S/C12H18O3/c1-9(2)15-11-6-4-10(5-7-11)12(3,14)8-13/h4-7,9,13-14H,8H2,1-3H3. The van der Waals surface area contributed by atoms with Gasteiger partial charge in [0.25, 0.3) is 0 Å². The summed E-state index contributed by atoms with van der Waals surface area (Å²) >= 11 is 0. The molecular formula is C12H18O3. The van der Waals surface area contributed by atoms with Gasteiger partial charge in [0.15, 0.2) is 0 Å². The van der Waals surface area contributed by atoms with Crippen LogP contribution in [-0.2, 0) is 5.60 Å². The highest BCUT2D eigenvalue weighted by atomic mass is 16.5. The summed E-state index contributed by atoms with van der Waals surface area (Å²) in [6.07, 6.45) is 0.134. The summed E-state index contributed by atoms with van der Waals surface area (Å²) < 4.78 is 5.47. The molecule has 3 heteroatoms. The average molecular weight is 210 g/mol. The molecule has 0 heterocycles. The van der Waals surface area contributed by atoms with Crippen LogP contribution < -0.4 is 4.74 Å². The Labute approximate surface area is 90.3 Å². The van der Waals surface area contributed by atoms with Crippen molar-refractivity contribution in [1.82, 2.24) is 0 Å². The van der Waals surface area contributed by atoms with Gasteiger partial charge in [-0.3, -0.25) is 0 Å². The summed E-state index contributed by atoms with van der Waals surface area (Å²) in [6.45, 7) is 5.19. The van der Waals surface area contributed by atoms with Crippen molar-refractivity contribution in [2.24, 2.45) is 0 Å². The quantitative estimate of drug-likeness (QED) is 0.794. The molecule has 0 aliphatic rings. The van der Waals surface area contributed by atoms with E-state index in [2.05, 4.69) is 0 Å². The number of benzene rings is 1. The van der Waals surface area contributed by atoms with E-state index in [1.54, 1.807) is 31.2 Å². The lowest BCUT2D eigenvalue weighted by Crippen LogP contribution is -2.25. The first-order valence-electron chi connectivity index (χ1n) is 5.06. The Bertz CT molecular complexity index is 301. The number of hydrogen-bond acceptors (Lipinski definition) is 3. The first-order chi connectivity index (χ1) is 6.95. The van der Waals surface area contributed by atoms with Crippen molar-refractivity contribution in [3.05, 3.63) is 29.8 Å². The molecule has 3 nitrogen and oxygen atoms in total. The summed E-state index contributed by atoms with van der Waals surface area (Å²) in [6, 6.07) is 7.10. The van der Waals surface area contributed by atoms with E-state index in [1.807, 2.05) is 13.8 Å². The van der Waals surface area contributed by atoms with Gasteiger partial charge in [0.1, 0.15) is 11.4 Å². The molecule has 1 aromatic rings. The van der Waals surface area contributed by atoms with Gasteiger partial charge >= 0.3 is 0 Å². The van der Waals surface area contributed by atoms with Crippen LogP contribution in [0.5, 0.6) is 5.75 Å². The zero-order valence-electron chi connectivity index (χ0n) is 9.40. The van der Waals surface area contributed by atoms with Crippen molar-refractivity contribution in [2.75, 3.05) is 6.61 Å². The Hall–Kier alpha value is -1.06. The van der Waals surface area contributed by atoms with Crippen LogP contribution in [0.3, 0.4) is 0 Å². The number of aliphatic hydroxyl groups excluding tert-OH is 1. The third-order valence-corrected chi connectivity index (χ3v) is 2.16. The SMILES string of the molecule is CC(C)Oc1ccc(C(C)(O)CO)cc1. The van der Waals surface area contributed by atoms with Gasteiger partial charge in [-0.1, -0.05) is 12.1 Å². The lowest BCUT2D eigenvalue weighted by molar-refractivity contribution is -0.00232. The zero-order chi connectivity index (χ0) is 11.5. The zero-order valence-corrected chi connectivity index (χ0v) is 9.40. The highest BCUT2D eigenvalue weighted by Crippen LogP contribution is 2.22. The molecule has 0 radical (unpaired) electrons. The van der Waals surface area contributed by atoms with Crippen molar-refractivity contribution in [1.29, 1.82) is 0 Å². The highest BCUT2D eigenvalue weighted by molar-refractivity contribution is 5.30. The minimum atomic E-state index is -1.18. The summed E-state index contributed by atoms with van der Waals surface area (Å²) in [5.74, 6) is 0.766. The van der Waals surface area contributed by atoms with Gasteiger partial charge in [-0.05, 0) is 38.5 Å².